The molecule has 4 atom stereocenters. The van der Waals surface area contributed by atoms with Gasteiger partial charge in [-0.05, 0) is 60.8 Å². The monoisotopic (exact) mass is 298 g/mol. The predicted octanol–water partition coefficient (Wildman–Crippen LogP) is 3.55. The predicted molar refractivity (Wildman–Crippen MR) is 82.1 cm³/mol. The molecule has 0 heterocycles. The lowest BCUT2D eigenvalue weighted by atomic mass is 9.46. The van der Waals surface area contributed by atoms with Crippen LogP contribution in [0.5, 0.6) is 0 Å². The Kier molecular flexibility index (Phi) is 4.52. The Labute approximate surface area is 127 Å². The van der Waals surface area contributed by atoms with E-state index in [1.54, 1.807) is 0 Å². The van der Waals surface area contributed by atoms with Crippen molar-refractivity contribution >= 4 is 0 Å². The van der Waals surface area contributed by atoms with Crippen molar-refractivity contribution in [3.05, 3.63) is 10.1 Å². The maximum Gasteiger partial charge on any atom is 0.294 e. The molecule has 2 rings (SSSR count). The van der Waals surface area contributed by atoms with Gasteiger partial charge in [0.15, 0.2) is 0 Å². The fourth-order valence-corrected chi connectivity index (χ4v) is 5.56. The zero-order valence-electron chi connectivity index (χ0n) is 13.7. The molecule has 0 spiro atoms. The van der Waals surface area contributed by atoms with Crippen molar-refractivity contribution in [1.29, 1.82) is 0 Å². The maximum absolute atomic E-state index is 10.7. The van der Waals surface area contributed by atoms with Crippen LogP contribution in [0.4, 0.5) is 0 Å². The number of hydrogen-bond donors (Lipinski definition) is 1. The van der Waals surface area contributed by atoms with E-state index in [0.717, 1.165) is 38.5 Å². The summed E-state index contributed by atoms with van der Waals surface area (Å²) in [6.45, 7) is 7.65. The zero-order valence-corrected chi connectivity index (χ0v) is 13.7. The smallest absolute Gasteiger partial charge is 0.294 e. The second kappa shape index (κ2) is 5.75. The van der Waals surface area contributed by atoms with Gasteiger partial charge in [-0.2, -0.15) is 0 Å². The minimum atomic E-state index is -0.633. The molecule has 21 heavy (non-hydrogen) atoms. The molecule has 2 saturated carbocycles. The van der Waals surface area contributed by atoms with Crippen molar-refractivity contribution in [3.63, 3.8) is 0 Å². The van der Waals surface area contributed by atoms with Crippen molar-refractivity contribution in [2.45, 2.75) is 65.7 Å². The first-order valence-electron chi connectivity index (χ1n) is 8.27. The Hall–Kier alpha value is -0.840. The van der Waals surface area contributed by atoms with Crippen LogP contribution in [0.3, 0.4) is 0 Å². The molecule has 0 aromatic rings. The number of fused-ring (bicyclic) bond motifs is 2. The van der Waals surface area contributed by atoms with Gasteiger partial charge in [-0.25, -0.2) is 0 Å². The fourth-order valence-electron chi connectivity index (χ4n) is 5.56. The summed E-state index contributed by atoms with van der Waals surface area (Å²) in [5.74, 6) is 0.663. The number of nitrogens with two attached hydrogens (primary N) is 1. The lowest BCUT2D eigenvalue weighted by Crippen LogP contribution is -2.53. The van der Waals surface area contributed by atoms with Crippen LogP contribution in [0, 0.1) is 32.3 Å². The Morgan fingerprint density at radius 1 is 1.24 bits per heavy atom. The molecule has 0 aromatic heterocycles. The molecule has 5 nitrogen and oxygen atoms in total. The third-order valence-electron chi connectivity index (χ3n) is 6.09. The van der Waals surface area contributed by atoms with Gasteiger partial charge in [0.2, 0.25) is 0 Å². The summed E-state index contributed by atoms with van der Waals surface area (Å²) >= 11 is 0. The highest BCUT2D eigenvalue weighted by Crippen LogP contribution is 2.64. The van der Waals surface area contributed by atoms with Crippen molar-refractivity contribution in [2.24, 2.45) is 27.9 Å². The van der Waals surface area contributed by atoms with Crippen LogP contribution >= 0.6 is 0 Å². The molecular formula is C16H30N2O3. The van der Waals surface area contributed by atoms with Crippen LogP contribution in [0.25, 0.3) is 0 Å². The molecule has 2 bridgehead atoms. The summed E-state index contributed by atoms with van der Waals surface area (Å²) < 4.78 is 0. The molecular weight excluding hydrogens is 268 g/mol. The third kappa shape index (κ3) is 3.33. The van der Waals surface area contributed by atoms with E-state index in [4.69, 9.17) is 10.6 Å². The van der Waals surface area contributed by atoms with Crippen molar-refractivity contribution in [2.75, 3.05) is 13.2 Å². The van der Waals surface area contributed by atoms with Crippen LogP contribution in [0.2, 0.25) is 0 Å². The summed E-state index contributed by atoms with van der Waals surface area (Å²) in [5.41, 5.74) is 6.39. The highest BCUT2D eigenvalue weighted by atomic mass is 16.9. The fraction of sp³-hybridized carbons (Fsp3) is 1.00. The van der Waals surface area contributed by atoms with Crippen molar-refractivity contribution in [3.8, 4) is 0 Å². The third-order valence-corrected chi connectivity index (χ3v) is 6.09. The first kappa shape index (κ1) is 16.5. The average molecular weight is 298 g/mol. The van der Waals surface area contributed by atoms with Crippen LogP contribution in [0.15, 0.2) is 0 Å². The molecule has 4 unspecified atom stereocenters. The highest BCUT2D eigenvalue weighted by molar-refractivity contribution is 5.06. The Morgan fingerprint density at radius 3 is 2.38 bits per heavy atom. The molecule has 5 heteroatoms. The van der Waals surface area contributed by atoms with Gasteiger partial charge in [0, 0.05) is 0 Å². The van der Waals surface area contributed by atoms with E-state index in [2.05, 4.69) is 20.8 Å². The van der Waals surface area contributed by atoms with E-state index in [9.17, 15) is 10.1 Å². The SMILES string of the molecule is CCC1CC2(CC)CC(C)(CN)CC(CO[N+](=O)[O-])(C1)C2. The number of hydrogen-bond acceptors (Lipinski definition) is 4. The Morgan fingerprint density at radius 2 is 1.86 bits per heavy atom. The van der Waals surface area contributed by atoms with Crippen LogP contribution < -0.4 is 5.73 Å². The van der Waals surface area contributed by atoms with E-state index in [-0.39, 0.29) is 17.4 Å². The van der Waals surface area contributed by atoms with E-state index < -0.39 is 5.09 Å². The van der Waals surface area contributed by atoms with Gasteiger partial charge in [0.1, 0.15) is 6.61 Å². The Balaban J connectivity index is 2.31. The minimum absolute atomic E-state index is 0.0611. The van der Waals surface area contributed by atoms with Gasteiger partial charge in [-0.15, -0.1) is 10.1 Å². The number of rotatable bonds is 6. The largest absolute Gasteiger partial charge is 0.330 e. The average Bonchev–Trinajstić information content (AvgIpc) is 2.44. The summed E-state index contributed by atoms with van der Waals surface area (Å²) in [6.07, 6.45) is 7.77. The molecule has 2 aliphatic rings. The summed E-state index contributed by atoms with van der Waals surface area (Å²) in [5, 5.41) is 10.1. The molecule has 0 radical (unpaired) electrons. The first-order chi connectivity index (χ1) is 9.80. The molecule has 0 aliphatic heterocycles. The van der Waals surface area contributed by atoms with Gasteiger partial charge >= 0.3 is 0 Å². The summed E-state index contributed by atoms with van der Waals surface area (Å²) in [4.78, 5) is 15.5. The summed E-state index contributed by atoms with van der Waals surface area (Å²) in [7, 11) is 0. The van der Waals surface area contributed by atoms with Crippen LogP contribution in [-0.2, 0) is 4.84 Å². The van der Waals surface area contributed by atoms with Crippen LogP contribution in [-0.4, -0.2) is 18.2 Å². The van der Waals surface area contributed by atoms with Crippen molar-refractivity contribution in [1.82, 2.24) is 0 Å². The topological polar surface area (TPSA) is 78.4 Å². The van der Waals surface area contributed by atoms with Crippen molar-refractivity contribution < 1.29 is 9.92 Å². The first-order valence-corrected chi connectivity index (χ1v) is 8.27. The Bertz CT molecular complexity index is 399. The second-order valence-corrected chi connectivity index (χ2v) is 8.08. The van der Waals surface area contributed by atoms with Crippen LogP contribution in [0.1, 0.15) is 65.7 Å². The van der Waals surface area contributed by atoms with E-state index in [1.807, 2.05) is 0 Å². The van der Waals surface area contributed by atoms with Gasteiger partial charge < -0.3 is 10.6 Å². The molecule has 2 aliphatic carbocycles. The second-order valence-electron chi connectivity index (χ2n) is 8.08. The quantitative estimate of drug-likeness (QED) is 0.601. The van der Waals surface area contributed by atoms with Gasteiger partial charge in [-0.3, -0.25) is 0 Å². The number of nitrogens with zero attached hydrogens (tertiary/aromatic N) is 1. The standard InChI is InChI=1S/C16H30N2O3/c1-4-13-6-15(5-2)8-14(3,11-17)9-16(7-13,10-15)12-21-18(19)20/h13H,4-12,17H2,1-3H3. The normalized spacial score (nSPS) is 42.6. The molecule has 2 fully saturated rings. The van der Waals surface area contributed by atoms with E-state index in [1.165, 1.54) is 6.42 Å². The molecule has 2 N–H and O–H groups in total. The lowest BCUT2D eigenvalue weighted by molar-refractivity contribution is -0.761. The zero-order chi connectivity index (χ0) is 15.7. The lowest BCUT2D eigenvalue weighted by Gasteiger charge is -2.60. The van der Waals surface area contributed by atoms with E-state index in [0.29, 0.717) is 17.9 Å². The highest BCUT2D eigenvalue weighted by Gasteiger charge is 2.55. The minimum Gasteiger partial charge on any atom is -0.330 e. The molecule has 0 aromatic carbocycles. The summed E-state index contributed by atoms with van der Waals surface area (Å²) in [6, 6.07) is 0. The maximum atomic E-state index is 10.7. The van der Waals surface area contributed by atoms with Gasteiger partial charge in [-0.1, -0.05) is 33.6 Å². The molecule has 0 amide bonds. The van der Waals surface area contributed by atoms with E-state index >= 15 is 0 Å². The van der Waals surface area contributed by atoms with Gasteiger partial charge in [0.05, 0.1) is 0 Å². The molecule has 122 valence electrons. The molecule has 0 saturated heterocycles. The van der Waals surface area contributed by atoms with Gasteiger partial charge in [0.25, 0.3) is 5.09 Å².